The first-order valence-corrected chi connectivity index (χ1v) is 19.9. The topological polar surface area (TPSA) is 72.5 Å². The molecule has 0 N–H and O–H groups in total. The number of methoxy groups -OCH3 is 1. The van der Waals surface area contributed by atoms with E-state index in [0.717, 1.165) is 97.1 Å². The van der Waals surface area contributed by atoms with E-state index in [1.54, 1.807) is 7.11 Å². The second kappa shape index (κ2) is 16.8. The molecule has 0 amide bonds. The highest BCUT2D eigenvalue weighted by Crippen LogP contribution is 2.56. The summed E-state index contributed by atoms with van der Waals surface area (Å²) in [5.41, 5.74) is 0.106. The highest BCUT2D eigenvalue weighted by molar-refractivity contribution is 5.70. The van der Waals surface area contributed by atoms with E-state index in [1.165, 1.54) is 51.4 Å². The molecule has 0 aromatic rings. The number of ether oxygens (including phenoxy) is 6. The molecule has 7 nitrogen and oxygen atoms in total. The molecule has 4 saturated carbocycles. The summed E-state index contributed by atoms with van der Waals surface area (Å²) in [6.07, 6.45) is 14.5. The van der Waals surface area contributed by atoms with Gasteiger partial charge in [-0.25, -0.2) is 0 Å². The average Bonchev–Trinajstić information content (AvgIpc) is 3.85. The summed E-state index contributed by atoms with van der Waals surface area (Å²) in [7, 11) is 1.74. The van der Waals surface area contributed by atoms with E-state index in [9.17, 15) is 4.79 Å². The molecular weight excluding hydrogens is 604 g/mol. The van der Waals surface area contributed by atoms with Crippen molar-refractivity contribution < 1.29 is 33.2 Å². The maximum atomic E-state index is 12.4. The summed E-state index contributed by atoms with van der Waals surface area (Å²) in [5, 5.41) is 0. The normalized spacial score (nSPS) is 41.7. The van der Waals surface area contributed by atoms with E-state index in [2.05, 4.69) is 41.5 Å². The number of hydrogen-bond donors (Lipinski definition) is 0. The van der Waals surface area contributed by atoms with Gasteiger partial charge in [-0.1, -0.05) is 54.4 Å². The van der Waals surface area contributed by atoms with E-state index in [4.69, 9.17) is 28.4 Å². The van der Waals surface area contributed by atoms with E-state index in [-0.39, 0.29) is 17.8 Å². The van der Waals surface area contributed by atoms with Gasteiger partial charge in [0, 0.05) is 18.3 Å². The van der Waals surface area contributed by atoms with Crippen molar-refractivity contribution in [1.82, 2.24) is 0 Å². The summed E-state index contributed by atoms with van der Waals surface area (Å²) in [6, 6.07) is 0. The van der Waals surface area contributed by atoms with Crippen molar-refractivity contribution in [2.24, 2.45) is 64.6 Å². The Morgan fingerprint density at radius 3 is 1.92 bits per heavy atom. The number of hydrogen-bond acceptors (Lipinski definition) is 7. The van der Waals surface area contributed by atoms with Gasteiger partial charge in [-0.3, -0.25) is 4.79 Å². The number of fused-ring (bicyclic) bond motifs is 4. The van der Waals surface area contributed by atoms with Gasteiger partial charge in [-0.05, 0) is 117 Å². The summed E-state index contributed by atoms with van der Waals surface area (Å²) in [6.45, 7) is 19.1. The van der Waals surface area contributed by atoms with Gasteiger partial charge in [0.25, 0.3) is 0 Å². The Morgan fingerprint density at radius 1 is 0.812 bits per heavy atom. The van der Waals surface area contributed by atoms with Gasteiger partial charge in [0.2, 0.25) is 0 Å². The molecule has 0 aromatic carbocycles. The van der Waals surface area contributed by atoms with Crippen LogP contribution < -0.4 is 0 Å². The Morgan fingerprint density at radius 2 is 1.40 bits per heavy atom. The van der Waals surface area contributed by atoms with Gasteiger partial charge in [0.15, 0.2) is 12.6 Å². The molecule has 10 atom stereocenters. The first kappa shape index (κ1) is 37.9. The Kier molecular flexibility index (Phi) is 13.3. The van der Waals surface area contributed by atoms with Crippen LogP contribution in [0.15, 0.2) is 11.5 Å². The lowest BCUT2D eigenvalue weighted by atomic mass is 9.76. The molecule has 5 fully saturated rings. The Bertz CT molecular complexity index is 1060. The minimum atomic E-state index is -0.835. The predicted octanol–water partition coefficient (Wildman–Crippen LogP) is 9.53. The standard InChI is InChI=1S/C23H40O4.C18H30O3/c1-6-8-9-23(7-2)14-26-22(5,27-15-23)12-21(24)25-13-19-10-18-11-20(19)17(4)16(18)3;1-12-13(2)16-9-14(12)8-15(16)10-20-11-21-18-7-5-4-6-17(18)19-3/h16-20H,6-15H2,1-5H3;12-16H,4-11H2,1-3H3. The van der Waals surface area contributed by atoms with Crippen LogP contribution in [-0.4, -0.2) is 52.1 Å². The van der Waals surface area contributed by atoms with Gasteiger partial charge in [0.1, 0.15) is 11.5 Å². The van der Waals surface area contributed by atoms with Crippen LogP contribution in [0, 0.1) is 64.6 Å². The van der Waals surface area contributed by atoms with Gasteiger partial charge in [0.05, 0.1) is 40.0 Å². The van der Waals surface area contributed by atoms with E-state index < -0.39 is 5.79 Å². The fourth-order valence-electron chi connectivity index (χ4n) is 10.5. The molecule has 0 aromatic heterocycles. The largest absolute Gasteiger partial charge is 0.498 e. The molecule has 1 aliphatic heterocycles. The monoisotopic (exact) mass is 675 g/mol. The molecule has 276 valence electrons. The Hall–Kier alpha value is -1.31. The molecule has 7 heteroatoms. The third kappa shape index (κ3) is 8.76. The van der Waals surface area contributed by atoms with Gasteiger partial charge < -0.3 is 28.4 Å². The zero-order valence-corrected chi connectivity index (χ0v) is 31.9. The third-order valence-electron chi connectivity index (χ3n) is 14.4. The van der Waals surface area contributed by atoms with Gasteiger partial charge in [-0.15, -0.1) is 0 Å². The maximum Gasteiger partial charge on any atom is 0.311 e. The maximum absolute atomic E-state index is 12.4. The van der Waals surface area contributed by atoms with Crippen LogP contribution in [0.2, 0.25) is 0 Å². The molecule has 10 unspecified atom stereocenters. The molecule has 6 rings (SSSR count). The molecule has 4 bridgehead atoms. The highest BCUT2D eigenvalue weighted by atomic mass is 16.7. The Balaban J connectivity index is 0.000000194. The van der Waals surface area contributed by atoms with Crippen molar-refractivity contribution in [3.63, 3.8) is 0 Å². The number of carbonyl (C=O) groups is 1. The molecule has 1 heterocycles. The van der Waals surface area contributed by atoms with E-state index in [1.807, 2.05) is 6.92 Å². The quantitative estimate of drug-likeness (QED) is 0.103. The van der Waals surface area contributed by atoms with Crippen LogP contribution in [0.1, 0.15) is 132 Å². The second-order valence-corrected chi connectivity index (χ2v) is 17.2. The van der Waals surface area contributed by atoms with Crippen LogP contribution >= 0.6 is 0 Å². The number of carbonyl (C=O) groups excluding carboxylic acids is 1. The van der Waals surface area contributed by atoms with Crippen molar-refractivity contribution >= 4 is 5.97 Å². The fourth-order valence-corrected chi connectivity index (χ4v) is 10.5. The summed E-state index contributed by atoms with van der Waals surface area (Å²) in [5.74, 6) is 9.10. The zero-order chi connectivity index (χ0) is 34.5. The highest BCUT2D eigenvalue weighted by Gasteiger charge is 2.50. The summed E-state index contributed by atoms with van der Waals surface area (Å²) < 4.78 is 34.9. The van der Waals surface area contributed by atoms with Crippen molar-refractivity contribution in [3.8, 4) is 0 Å². The lowest BCUT2D eigenvalue weighted by molar-refractivity contribution is -0.298. The first-order chi connectivity index (χ1) is 23.0. The minimum Gasteiger partial charge on any atom is -0.498 e. The van der Waals surface area contributed by atoms with Crippen LogP contribution in [-0.2, 0) is 33.2 Å². The summed E-state index contributed by atoms with van der Waals surface area (Å²) in [4.78, 5) is 12.4. The number of unbranched alkanes of at least 4 members (excludes halogenated alkanes) is 1. The number of esters is 1. The second-order valence-electron chi connectivity index (χ2n) is 17.2. The Labute approximate surface area is 292 Å². The van der Waals surface area contributed by atoms with Crippen LogP contribution in [0.5, 0.6) is 0 Å². The van der Waals surface area contributed by atoms with Crippen LogP contribution in [0.4, 0.5) is 0 Å². The number of allylic oxidation sites excluding steroid dienone is 2. The lowest BCUT2D eigenvalue weighted by Crippen LogP contribution is -2.49. The van der Waals surface area contributed by atoms with Crippen molar-refractivity contribution in [1.29, 1.82) is 0 Å². The van der Waals surface area contributed by atoms with Crippen molar-refractivity contribution in [2.45, 2.75) is 138 Å². The molecule has 0 spiro atoms. The molecule has 6 aliphatic rings. The SMILES string of the molecule is CCCCC1(CC)COC(C)(CC(=O)OCC2CC3CC2C(C)C3C)OC1.COC1=C(OCOCC2CC3CC2C(C)C3C)CCCC1. The smallest absolute Gasteiger partial charge is 0.311 e. The van der Waals surface area contributed by atoms with E-state index >= 15 is 0 Å². The zero-order valence-electron chi connectivity index (χ0n) is 31.9. The predicted molar refractivity (Wildman–Crippen MR) is 189 cm³/mol. The average molecular weight is 675 g/mol. The first-order valence-electron chi connectivity index (χ1n) is 19.9. The molecular formula is C41H70O7. The third-order valence-corrected chi connectivity index (χ3v) is 14.4. The van der Waals surface area contributed by atoms with Crippen molar-refractivity contribution in [3.05, 3.63) is 11.5 Å². The van der Waals surface area contributed by atoms with Crippen LogP contribution in [0.3, 0.4) is 0 Å². The minimum absolute atomic E-state index is 0.106. The van der Waals surface area contributed by atoms with Crippen molar-refractivity contribution in [2.75, 3.05) is 40.3 Å². The lowest BCUT2D eigenvalue weighted by Gasteiger charge is -2.44. The molecule has 48 heavy (non-hydrogen) atoms. The fraction of sp³-hybridized carbons (Fsp3) is 0.927. The molecule has 5 aliphatic carbocycles. The number of rotatable bonds is 14. The molecule has 0 radical (unpaired) electrons. The van der Waals surface area contributed by atoms with Gasteiger partial charge in [-0.2, -0.15) is 0 Å². The molecule has 1 saturated heterocycles. The summed E-state index contributed by atoms with van der Waals surface area (Å²) >= 11 is 0. The van der Waals surface area contributed by atoms with Gasteiger partial charge >= 0.3 is 5.97 Å². The van der Waals surface area contributed by atoms with Crippen LogP contribution in [0.25, 0.3) is 0 Å². The van der Waals surface area contributed by atoms with E-state index in [0.29, 0.717) is 32.5 Å².